The first-order valence-corrected chi connectivity index (χ1v) is 12.4. The lowest BCUT2D eigenvalue weighted by Crippen LogP contribution is -2.44. The van der Waals surface area contributed by atoms with E-state index in [0.29, 0.717) is 17.9 Å². The highest BCUT2D eigenvalue weighted by Gasteiger charge is 2.41. The van der Waals surface area contributed by atoms with Crippen molar-refractivity contribution in [2.24, 2.45) is 11.8 Å². The maximum Gasteiger partial charge on any atom is 0.490 e. The van der Waals surface area contributed by atoms with Gasteiger partial charge in [0.05, 0.1) is 32.6 Å². The van der Waals surface area contributed by atoms with E-state index in [2.05, 4.69) is 29.0 Å². The fourth-order valence-corrected chi connectivity index (χ4v) is 4.46. The van der Waals surface area contributed by atoms with Gasteiger partial charge in [0.15, 0.2) is 0 Å². The zero-order chi connectivity index (χ0) is 30.8. The molecule has 2 aliphatic heterocycles. The van der Waals surface area contributed by atoms with Gasteiger partial charge in [0.2, 0.25) is 0 Å². The number of benzene rings is 1. The molecule has 230 valence electrons. The third-order valence-electron chi connectivity index (χ3n) is 6.44. The smallest absolute Gasteiger partial charge is 0.490 e. The van der Waals surface area contributed by atoms with Gasteiger partial charge in [0, 0.05) is 25.6 Å². The summed E-state index contributed by atoms with van der Waals surface area (Å²) in [5.41, 5.74) is 1.35. The predicted octanol–water partition coefficient (Wildman–Crippen LogP) is 4.52. The minimum Gasteiger partial charge on any atom is -0.497 e. The Balaban J connectivity index is 0.000000349. The largest absolute Gasteiger partial charge is 0.497 e. The lowest BCUT2D eigenvalue weighted by Gasteiger charge is -2.36. The van der Waals surface area contributed by atoms with Crippen LogP contribution in [-0.4, -0.2) is 90.8 Å². The van der Waals surface area contributed by atoms with Crippen LogP contribution in [-0.2, 0) is 27.4 Å². The van der Waals surface area contributed by atoms with Gasteiger partial charge in [-0.25, -0.2) is 9.59 Å². The molecule has 0 spiro atoms. The number of carboxylic acids is 2. The van der Waals surface area contributed by atoms with E-state index in [4.69, 9.17) is 33.7 Å². The number of likely N-dealkylation sites (tertiary alicyclic amines) is 1. The average Bonchev–Trinajstić information content (AvgIpc) is 3.54. The van der Waals surface area contributed by atoms with Crippen molar-refractivity contribution < 1.29 is 60.0 Å². The summed E-state index contributed by atoms with van der Waals surface area (Å²) >= 11 is 0. The Hall–Kier alpha value is -3.30. The highest BCUT2D eigenvalue weighted by Crippen LogP contribution is 2.35. The number of piperidine rings is 1. The van der Waals surface area contributed by atoms with Crippen LogP contribution < -0.4 is 4.74 Å². The number of hydrogen-bond donors (Lipinski definition) is 2. The van der Waals surface area contributed by atoms with Crippen molar-refractivity contribution in [3.63, 3.8) is 0 Å². The first-order valence-electron chi connectivity index (χ1n) is 12.4. The minimum absolute atomic E-state index is 0.314. The second-order valence-electron chi connectivity index (χ2n) is 9.55. The molecule has 0 bridgehead atoms. The molecular weight excluding hydrogens is 566 g/mol. The van der Waals surface area contributed by atoms with E-state index >= 15 is 0 Å². The standard InChI is InChI=1S/C22H30N2O3.2C2HF3O2/c1-23(13-20-4-3-11-26-20)15-22-21-14-24(10-9-18(21)16-27-22)12-17-5-7-19(25-2)8-6-17;2*3-2(4,5)1(6)7/h3-8,11,18,21-22H,9-10,12-16H2,1-2H3;2*(H,6,7)/t18-,21-,22+;;/m0../s1. The molecule has 2 aliphatic rings. The Morgan fingerprint density at radius 3 is 2.12 bits per heavy atom. The molecule has 2 aromatic rings. The molecule has 2 saturated heterocycles. The van der Waals surface area contributed by atoms with Gasteiger partial charge in [-0.2, -0.15) is 26.3 Å². The lowest BCUT2D eigenvalue weighted by atomic mass is 9.84. The molecule has 0 radical (unpaired) electrons. The van der Waals surface area contributed by atoms with Gasteiger partial charge in [-0.15, -0.1) is 0 Å². The molecule has 2 N–H and O–H groups in total. The fourth-order valence-electron chi connectivity index (χ4n) is 4.46. The third kappa shape index (κ3) is 11.6. The van der Waals surface area contributed by atoms with Gasteiger partial charge in [0.25, 0.3) is 0 Å². The summed E-state index contributed by atoms with van der Waals surface area (Å²) in [5, 5.41) is 14.2. The monoisotopic (exact) mass is 598 g/mol. The van der Waals surface area contributed by atoms with Crippen LogP contribution in [0.4, 0.5) is 26.3 Å². The zero-order valence-electron chi connectivity index (χ0n) is 22.3. The molecule has 3 heterocycles. The lowest BCUT2D eigenvalue weighted by molar-refractivity contribution is -0.193. The van der Waals surface area contributed by atoms with Gasteiger partial charge >= 0.3 is 24.3 Å². The number of furan rings is 1. The number of hydrogen-bond acceptors (Lipinski definition) is 7. The first-order chi connectivity index (χ1) is 19.1. The van der Waals surface area contributed by atoms with Crippen molar-refractivity contribution in [1.82, 2.24) is 9.80 Å². The number of rotatable bonds is 7. The molecule has 2 fully saturated rings. The number of methoxy groups -OCH3 is 1. The van der Waals surface area contributed by atoms with Crippen LogP contribution >= 0.6 is 0 Å². The van der Waals surface area contributed by atoms with Gasteiger partial charge in [0.1, 0.15) is 11.5 Å². The normalized spacial score (nSPS) is 20.8. The van der Waals surface area contributed by atoms with E-state index in [1.54, 1.807) is 13.4 Å². The van der Waals surface area contributed by atoms with E-state index in [9.17, 15) is 26.3 Å². The Morgan fingerprint density at radius 1 is 1.05 bits per heavy atom. The van der Waals surface area contributed by atoms with Gasteiger partial charge in [-0.3, -0.25) is 9.80 Å². The van der Waals surface area contributed by atoms with E-state index in [1.807, 2.05) is 24.3 Å². The number of likely N-dealkylation sites (N-methyl/N-ethyl adjacent to an activating group) is 1. The Labute approximate surface area is 232 Å². The summed E-state index contributed by atoms with van der Waals surface area (Å²) in [4.78, 5) is 22.7. The highest BCUT2D eigenvalue weighted by atomic mass is 19.4. The van der Waals surface area contributed by atoms with E-state index in [1.165, 1.54) is 12.0 Å². The van der Waals surface area contributed by atoms with Gasteiger partial charge in [-0.1, -0.05) is 12.1 Å². The average molecular weight is 599 g/mol. The predicted molar refractivity (Wildman–Crippen MR) is 132 cm³/mol. The molecule has 9 nitrogen and oxygen atoms in total. The summed E-state index contributed by atoms with van der Waals surface area (Å²) in [6.45, 7) is 5.99. The molecule has 41 heavy (non-hydrogen) atoms. The number of nitrogens with zero attached hydrogens (tertiary/aromatic N) is 2. The SMILES string of the molecule is COc1ccc(CN2CC[C@H]3CO[C@H](CN(C)Cc4ccco4)[C@H]3C2)cc1.O=C(O)C(F)(F)F.O=C(O)C(F)(F)F. The van der Waals surface area contributed by atoms with Crippen molar-refractivity contribution in [1.29, 1.82) is 0 Å². The topological polar surface area (TPSA) is 113 Å². The molecule has 0 aliphatic carbocycles. The van der Waals surface area contributed by atoms with Gasteiger partial charge in [-0.05, 0) is 55.8 Å². The molecule has 1 aromatic carbocycles. The van der Waals surface area contributed by atoms with Crippen molar-refractivity contribution in [2.75, 3.05) is 40.4 Å². The van der Waals surface area contributed by atoms with Crippen LogP contribution in [0.3, 0.4) is 0 Å². The second kappa shape index (κ2) is 15.1. The van der Waals surface area contributed by atoms with Crippen LogP contribution in [0, 0.1) is 11.8 Å². The van der Waals surface area contributed by atoms with Crippen molar-refractivity contribution in [2.45, 2.75) is 38.0 Å². The van der Waals surface area contributed by atoms with Crippen LogP contribution in [0.25, 0.3) is 0 Å². The number of halogens is 6. The molecule has 4 rings (SSSR count). The van der Waals surface area contributed by atoms with Crippen LogP contribution in [0.5, 0.6) is 5.75 Å². The molecule has 0 unspecified atom stereocenters. The Kier molecular flexibility index (Phi) is 12.5. The number of carboxylic acid groups (broad SMARTS) is 2. The minimum atomic E-state index is -5.08. The summed E-state index contributed by atoms with van der Waals surface area (Å²) < 4.78 is 80.4. The zero-order valence-corrected chi connectivity index (χ0v) is 22.3. The molecule has 0 saturated carbocycles. The second-order valence-corrected chi connectivity index (χ2v) is 9.55. The van der Waals surface area contributed by atoms with Crippen molar-refractivity contribution >= 4 is 11.9 Å². The molecule has 3 atom stereocenters. The molecule has 15 heteroatoms. The third-order valence-corrected chi connectivity index (χ3v) is 6.44. The molecule has 1 aromatic heterocycles. The number of alkyl halides is 6. The fraction of sp³-hybridized carbons (Fsp3) is 0.538. The molecule has 0 amide bonds. The maximum atomic E-state index is 10.6. The highest BCUT2D eigenvalue weighted by molar-refractivity contribution is 5.73. The van der Waals surface area contributed by atoms with E-state index < -0.39 is 24.3 Å². The van der Waals surface area contributed by atoms with Crippen LogP contribution in [0.2, 0.25) is 0 Å². The Bertz CT molecular complexity index is 1050. The van der Waals surface area contributed by atoms with Crippen LogP contribution in [0.1, 0.15) is 17.7 Å². The van der Waals surface area contributed by atoms with Crippen molar-refractivity contribution in [3.05, 3.63) is 54.0 Å². The van der Waals surface area contributed by atoms with E-state index in [0.717, 1.165) is 50.8 Å². The Morgan fingerprint density at radius 2 is 1.63 bits per heavy atom. The summed E-state index contributed by atoms with van der Waals surface area (Å²) in [5.74, 6) is -2.26. The van der Waals surface area contributed by atoms with Gasteiger partial charge < -0.3 is 24.1 Å². The summed E-state index contributed by atoms with van der Waals surface area (Å²) in [7, 11) is 3.86. The van der Waals surface area contributed by atoms with Crippen molar-refractivity contribution in [3.8, 4) is 5.75 Å². The summed E-state index contributed by atoms with van der Waals surface area (Å²) in [6, 6.07) is 12.4. The molecular formula is C26H32F6N2O7. The number of fused-ring (bicyclic) bond motifs is 1. The van der Waals surface area contributed by atoms with Crippen LogP contribution in [0.15, 0.2) is 47.1 Å². The number of ether oxygens (including phenoxy) is 2. The number of carbonyl (C=O) groups is 2. The quantitative estimate of drug-likeness (QED) is 0.444. The maximum absolute atomic E-state index is 10.6. The number of aliphatic carboxylic acids is 2. The summed E-state index contributed by atoms with van der Waals surface area (Å²) in [6.07, 6.45) is -6.88. The first kappa shape index (κ1) is 33.9. The van der Waals surface area contributed by atoms with E-state index in [-0.39, 0.29) is 0 Å².